The zero-order chi connectivity index (χ0) is 12.4. The molecule has 1 N–H and O–H groups in total. The molecule has 8 heteroatoms. The van der Waals surface area contributed by atoms with Gasteiger partial charge in [-0.05, 0) is 20.3 Å². The van der Waals surface area contributed by atoms with E-state index in [4.69, 9.17) is 11.6 Å². The Morgan fingerprint density at radius 3 is 2.38 bits per heavy atom. The van der Waals surface area contributed by atoms with Gasteiger partial charge in [-0.15, -0.1) is 21.8 Å². The van der Waals surface area contributed by atoms with Crippen LogP contribution in [0.15, 0.2) is 0 Å². The van der Waals surface area contributed by atoms with Crippen molar-refractivity contribution in [3.63, 3.8) is 0 Å². The Balaban J connectivity index is 2.73. The van der Waals surface area contributed by atoms with Gasteiger partial charge in [-0.3, -0.25) is 0 Å². The Kier molecular flexibility index (Phi) is 4.01. The molecule has 1 rings (SSSR count). The number of anilines is 1. The molecule has 0 aliphatic heterocycles. The third kappa shape index (κ3) is 3.79. The van der Waals surface area contributed by atoms with Gasteiger partial charge in [0.25, 0.3) is 0 Å². The standard InChI is InChI=1S/C8H11ClF3N3S/c1-7(2,3-4-9)13-6-15-14-5(16-6)8(10,11)12/h3-4H2,1-2H3,(H,13,15). The summed E-state index contributed by atoms with van der Waals surface area (Å²) in [5.41, 5.74) is -0.399. The highest BCUT2D eigenvalue weighted by Gasteiger charge is 2.36. The molecule has 1 heterocycles. The average molecular weight is 274 g/mol. The number of alkyl halides is 4. The third-order valence-electron chi connectivity index (χ3n) is 1.83. The number of nitrogens with one attached hydrogen (secondary N) is 1. The Morgan fingerprint density at radius 1 is 1.31 bits per heavy atom. The lowest BCUT2D eigenvalue weighted by atomic mass is 10.0. The number of hydrogen-bond donors (Lipinski definition) is 1. The molecular weight excluding hydrogens is 263 g/mol. The van der Waals surface area contributed by atoms with Crippen molar-refractivity contribution in [1.82, 2.24) is 10.2 Å². The molecule has 92 valence electrons. The van der Waals surface area contributed by atoms with Crippen LogP contribution in [0.25, 0.3) is 0 Å². The van der Waals surface area contributed by atoms with Gasteiger partial charge in [0.1, 0.15) is 0 Å². The van der Waals surface area contributed by atoms with Crippen molar-refractivity contribution in [2.24, 2.45) is 0 Å². The van der Waals surface area contributed by atoms with E-state index in [1.807, 2.05) is 13.8 Å². The summed E-state index contributed by atoms with van der Waals surface area (Å²) in [6.07, 6.45) is -3.82. The highest BCUT2D eigenvalue weighted by Crippen LogP contribution is 2.34. The van der Waals surface area contributed by atoms with Crippen LogP contribution in [0.1, 0.15) is 25.3 Å². The minimum atomic E-state index is -4.44. The zero-order valence-electron chi connectivity index (χ0n) is 8.73. The van der Waals surface area contributed by atoms with E-state index in [-0.39, 0.29) is 5.13 Å². The van der Waals surface area contributed by atoms with E-state index in [1.54, 1.807) is 0 Å². The van der Waals surface area contributed by atoms with Crippen LogP contribution >= 0.6 is 22.9 Å². The van der Waals surface area contributed by atoms with Crippen molar-refractivity contribution in [2.45, 2.75) is 32.0 Å². The van der Waals surface area contributed by atoms with E-state index < -0.39 is 16.7 Å². The second-order valence-corrected chi connectivity index (χ2v) is 5.21. The number of nitrogens with zero attached hydrogens (tertiary/aromatic N) is 2. The van der Waals surface area contributed by atoms with Gasteiger partial charge in [0.05, 0.1) is 0 Å². The molecule has 0 bridgehead atoms. The smallest absolute Gasteiger partial charge is 0.355 e. The van der Waals surface area contributed by atoms with Crippen molar-refractivity contribution in [1.29, 1.82) is 0 Å². The summed E-state index contributed by atoms with van der Waals surface area (Å²) in [4.78, 5) is 0. The first-order valence-electron chi connectivity index (χ1n) is 4.49. The molecule has 16 heavy (non-hydrogen) atoms. The number of rotatable bonds is 4. The maximum Gasteiger partial charge on any atom is 0.445 e. The fourth-order valence-corrected chi connectivity index (χ4v) is 2.24. The molecule has 0 amide bonds. The molecule has 0 saturated carbocycles. The van der Waals surface area contributed by atoms with Crippen molar-refractivity contribution in [2.75, 3.05) is 11.2 Å². The highest BCUT2D eigenvalue weighted by molar-refractivity contribution is 7.15. The second-order valence-electron chi connectivity index (χ2n) is 3.86. The van der Waals surface area contributed by atoms with Crippen molar-refractivity contribution >= 4 is 28.1 Å². The number of aromatic nitrogens is 2. The van der Waals surface area contributed by atoms with Crippen LogP contribution in [-0.2, 0) is 6.18 Å². The Morgan fingerprint density at radius 2 is 1.94 bits per heavy atom. The minimum absolute atomic E-state index is 0.155. The van der Waals surface area contributed by atoms with E-state index in [2.05, 4.69) is 15.5 Å². The van der Waals surface area contributed by atoms with Crippen LogP contribution in [0.2, 0.25) is 0 Å². The highest BCUT2D eigenvalue weighted by atomic mass is 35.5. The predicted molar refractivity (Wildman–Crippen MR) is 57.9 cm³/mol. The lowest BCUT2D eigenvalue weighted by Gasteiger charge is -2.24. The predicted octanol–water partition coefficient (Wildman–Crippen LogP) is 3.38. The fourth-order valence-electron chi connectivity index (χ4n) is 0.977. The molecule has 0 saturated heterocycles. The van der Waals surface area contributed by atoms with Crippen LogP contribution < -0.4 is 5.32 Å². The Bertz CT molecular complexity index is 351. The van der Waals surface area contributed by atoms with E-state index in [9.17, 15) is 13.2 Å². The van der Waals surface area contributed by atoms with Gasteiger partial charge < -0.3 is 5.32 Å². The quantitative estimate of drug-likeness (QED) is 0.855. The van der Waals surface area contributed by atoms with Crippen LogP contribution in [-0.4, -0.2) is 21.6 Å². The topological polar surface area (TPSA) is 37.8 Å². The van der Waals surface area contributed by atoms with Crippen molar-refractivity contribution in [3.8, 4) is 0 Å². The largest absolute Gasteiger partial charge is 0.445 e. The van der Waals surface area contributed by atoms with E-state index in [0.29, 0.717) is 23.6 Å². The molecule has 1 aromatic rings. The van der Waals surface area contributed by atoms with E-state index in [1.165, 1.54) is 0 Å². The Hall–Kier alpha value is -0.560. The monoisotopic (exact) mass is 273 g/mol. The van der Waals surface area contributed by atoms with Gasteiger partial charge in [-0.1, -0.05) is 11.3 Å². The van der Waals surface area contributed by atoms with Gasteiger partial charge in [0.2, 0.25) is 10.1 Å². The molecule has 0 aliphatic rings. The summed E-state index contributed by atoms with van der Waals surface area (Å²) in [5, 5.41) is 8.60. The van der Waals surface area contributed by atoms with Crippen LogP contribution in [0.3, 0.4) is 0 Å². The van der Waals surface area contributed by atoms with Crippen LogP contribution in [0.4, 0.5) is 18.3 Å². The van der Waals surface area contributed by atoms with Gasteiger partial charge in [0, 0.05) is 11.4 Å². The van der Waals surface area contributed by atoms with Crippen LogP contribution in [0.5, 0.6) is 0 Å². The number of halogens is 4. The SMILES string of the molecule is CC(C)(CCCl)Nc1nnc(C(F)(F)F)s1. The third-order valence-corrected chi connectivity index (χ3v) is 2.90. The zero-order valence-corrected chi connectivity index (χ0v) is 10.3. The Labute approximate surface area is 100 Å². The summed E-state index contributed by atoms with van der Waals surface area (Å²) in [5.74, 6) is 0.422. The van der Waals surface area contributed by atoms with Gasteiger partial charge in [-0.25, -0.2) is 0 Å². The summed E-state index contributed by atoms with van der Waals surface area (Å²) < 4.78 is 36.7. The molecule has 0 aliphatic carbocycles. The molecule has 0 aromatic carbocycles. The van der Waals surface area contributed by atoms with E-state index in [0.717, 1.165) is 0 Å². The fraction of sp³-hybridized carbons (Fsp3) is 0.750. The molecule has 0 radical (unpaired) electrons. The molecule has 0 fully saturated rings. The maximum absolute atomic E-state index is 12.2. The molecule has 3 nitrogen and oxygen atoms in total. The molecule has 0 unspecified atom stereocenters. The summed E-state index contributed by atoms with van der Waals surface area (Å²) in [6.45, 7) is 3.67. The van der Waals surface area contributed by atoms with Gasteiger partial charge >= 0.3 is 6.18 Å². The van der Waals surface area contributed by atoms with Crippen molar-refractivity contribution < 1.29 is 13.2 Å². The minimum Gasteiger partial charge on any atom is -0.355 e. The normalized spacial score (nSPS) is 12.9. The summed E-state index contributed by atoms with van der Waals surface area (Å²) in [6, 6.07) is 0. The maximum atomic E-state index is 12.2. The average Bonchev–Trinajstić information content (AvgIpc) is 2.50. The van der Waals surface area contributed by atoms with E-state index >= 15 is 0 Å². The van der Waals surface area contributed by atoms with Gasteiger partial charge in [0.15, 0.2) is 0 Å². The molecular formula is C8H11ClF3N3S. The first kappa shape index (κ1) is 13.5. The molecule has 1 aromatic heterocycles. The summed E-state index contributed by atoms with van der Waals surface area (Å²) >= 11 is 6.07. The second kappa shape index (κ2) is 4.75. The lowest BCUT2D eigenvalue weighted by molar-refractivity contribution is -0.138. The first-order valence-corrected chi connectivity index (χ1v) is 5.84. The molecule has 0 spiro atoms. The summed E-state index contributed by atoms with van der Waals surface area (Å²) in [7, 11) is 0. The van der Waals surface area contributed by atoms with Gasteiger partial charge in [-0.2, -0.15) is 13.2 Å². The first-order chi connectivity index (χ1) is 7.24. The van der Waals surface area contributed by atoms with Crippen LogP contribution in [0, 0.1) is 0 Å². The molecule has 0 atom stereocenters. The lowest BCUT2D eigenvalue weighted by Crippen LogP contribution is -2.31. The number of hydrogen-bond acceptors (Lipinski definition) is 4. The van der Waals surface area contributed by atoms with Crippen molar-refractivity contribution in [3.05, 3.63) is 5.01 Å².